The van der Waals surface area contributed by atoms with Crippen LogP contribution in [0, 0.1) is 0 Å². The van der Waals surface area contributed by atoms with Crippen molar-refractivity contribution < 1.29 is 0 Å². The van der Waals surface area contributed by atoms with Crippen molar-refractivity contribution in [3.05, 3.63) is 47.5 Å². The Balaban J connectivity index is 2.08. The fraction of sp³-hybridized carbons (Fsp3) is 0.200. The average molecular weight is 223 g/mol. The first-order valence-electron chi connectivity index (χ1n) is 4.59. The number of rotatable bonds is 3. The third kappa shape index (κ3) is 2.55. The molecule has 1 aromatic heterocycles. The van der Waals surface area contributed by atoms with Crippen LogP contribution < -0.4 is 5.73 Å². The summed E-state index contributed by atoms with van der Waals surface area (Å²) in [6.45, 7) is 0.613. The number of benzene rings is 1. The fourth-order valence-electron chi connectivity index (χ4n) is 1.34. The minimum Gasteiger partial charge on any atom is -0.322 e. The molecular weight excluding hydrogens is 212 g/mol. The van der Waals surface area contributed by atoms with Crippen LogP contribution >= 0.6 is 11.6 Å². The molecule has 1 unspecified atom stereocenters. The van der Waals surface area contributed by atoms with Gasteiger partial charge in [-0.3, -0.25) is 4.68 Å². The highest BCUT2D eigenvalue weighted by atomic mass is 35.5. The topological polar surface area (TPSA) is 56.7 Å². The molecule has 0 saturated carbocycles. The minimum atomic E-state index is -0.0935. The first kappa shape index (κ1) is 10.1. The molecule has 0 bridgehead atoms. The van der Waals surface area contributed by atoms with E-state index in [9.17, 15) is 0 Å². The Labute approximate surface area is 92.7 Å². The molecule has 1 heterocycles. The molecule has 0 aliphatic rings. The van der Waals surface area contributed by atoms with E-state index in [1.807, 2.05) is 24.3 Å². The number of nitrogens with zero attached hydrogens (tertiary/aromatic N) is 3. The first-order chi connectivity index (χ1) is 7.25. The average Bonchev–Trinajstić information content (AvgIpc) is 2.71. The molecule has 0 spiro atoms. The molecule has 1 atom stereocenters. The standard InChI is InChI=1S/C10H11ClN4/c11-9-3-1-8(2-4-9)10(12)5-15-7-13-6-14-15/h1-4,6-7,10H,5,12H2. The van der Waals surface area contributed by atoms with Crippen molar-refractivity contribution in [2.24, 2.45) is 5.73 Å². The summed E-state index contributed by atoms with van der Waals surface area (Å²) in [7, 11) is 0. The molecule has 0 amide bonds. The molecule has 0 radical (unpaired) electrons. The highest BCUT2D eigenvalue weighted by Crippen LogP contribution is 2.15. The van der Waals surface area contributed by atoms with Gasteiger partial charge in [-0.25, -0.2) is 4.98 Å². The molecule has 5 heteroatoms. The van der Waals surface area contributed by atoms with Gasteiger partial charge in [0.1, 0.15) is 12.7 Å². The van der Waals surface area contributed by atoms with E-state index in [0.717, 1.165) is 5.56 Å². The van der Waals surface area contributed by atoms with Crippen molar-refractivity contribution in [3.8, 4) is 0 Å². The summed E-state index contributed by atoms with van der Waals surface area (Å²) in [6, 6.07) is 7.41. The summed E-state index contributed by atoms with van der Waals surface area (Å²) in [5.41, 5.74) is 7.04. The second-order valence-electron chi connectivity index (χ2n) is 3.28. The summed E-state index contributed by atoms with van der Waals surface area (Å²) >= 11 is 5.79. The fourth-order valence-corrected chi connectivity index (χ4v) is 1.47. The van der Waals surface area contributed by atoms with E-state index in [1.165, 1.54) is 6.33 Å². The van der Waals surface area contributed by atoms with E-state index in [4.69, 9.17) is 17.3 Å². The molecule has 15 heavy (non-hydrogen) atoms. The maximum absolute atomic E-state index is 6.00. The molecule has 1 aromatic carbocycles. The Morgan fingerprint density at radius 2 is 2.07 bits per heavy atom. The minimum absolute atomic E-state index is 0.0935. The highest BCUT2D eigenvalue weighted by molar-refractivity contribution is 6.30. The molecule has 0 saturated heterocycles. The summed E-state index contributed by atoms with van der Waals surface area (Å²) in [4.78, 5) is 3.86. The van der Waals surface area contributed by atoms with Crippen LogP contribution in [0.25, 0.3) is 0 Å². The summed E-state index contributed by atoms with van der Waals surface area (Å²) < 4.78 is 1.71. The molecule has 2 rings (SSSR count). The van der Waals surface area contributed by atoms with Gasteiger partial charge in [0.2, 0.25) is 0 Å². The van der Waals surface area contributed by atoms with Gasteiger partial charge in [0.05, 0.1) is 6.54 Å². The molecule has 2 aromatic rings. The van der Waals surface area contributed by atoms with Crippen molar-refractivity contribution >= 4 is 11.6 Å². The van der Waals surface area contributed by atoms with E-state index in [2.05, 4.69) is 10.1 Å². The van der Waals surface area contributed by atoms with Crippen LogP contribution in [0.4, 0.5) is 0 Å². The van der Waals surface area contributed by atoms with Crippen LogP contribution in [-0.2, 0) is 6.54 Å². The number of halogens is 1. The lowest BCUT2D eigenvalue weighted by Gasteiger charge is -2.11. The zero-order chi connectivity index (χ0) is 10.7. The van der Waals surface area contributed by atoms with Gasteiger partial charge in [-0.15, -0.1) is 0 Å². The van der Waals surface area contributed by atoms with Crippen LogP contribution in [0.2, 0.25) is 5.02 Å². The van der Waals surface area contributed by atoms with Gasteiger partial charge < -0.3 is 5.73 Å². The van der Waals surface area contributed by atoms with Crippen LogP contribution in [0.1, 0.15) is 11.6 Å². The van der Waals surface area contributed by atoms with Crippen molar-refractivity contribution in [2.75, 3.05) is 0 Å². The number of aromatic nitrogens is 3. The Morgan fingerprint density at radius 3 is 2.67 bits per heavy atom. The van der Waals surface area contributed by atoms with Gasteiger partial charge in [0, 0.05) is 11.1 Å². The van der Waals surface area contributed by atoms with Crippen LogP contribution in [0.15, 0.2) is 36.9 Å². The Hall–Kier alpha value is -1.39. The van der Waals surface area contributed by atoms with Crippen molar-refractivity contribution in [2.45, 2.75) is 12.6 Å². The van der Waals surface area contributed by atoms with Crippen molar-refractivity contribution in [3.63, 3.8) is 0 Å². The zero-order valence-electron chi connectivity index (χ0n) is 8.05. The lowest BCUT2D eigenvalue weighted by Crippen LogP contribution is -2.17. The molecular formula is C10H11ClN4. The van der Waals surface area contributed by atoms with E-state index < -0.39 is 0 Å². The smallest absolute Gasteiger partial charge is 0.137 e. The summed E-state index contributed by atoms with van der Waals surface area (Å²) in [5, 5.41) is 4.71. The van der Waals surface area contributed by atoms with Gasteiger partial charge in [-0.2, -0.15) is 5.10 Å². The largest absolute Gasteiger partial charge is 0.322 e. The van der Waals surface area contributed by atoms with Gasteiger partial charge in [-0.05, 0) is 17.7 Å². The third-order valence-corrected chi connectivity index (χ3v) is 2.40. The quantitative estimate of drug-likeness (QED) is 0.859. The number of nitrogens with two attached hydrogens (primary N) is 1. The maximum atomic E-state index is 6.00. The lowest BCUT2D eigenvalue weighted by atomic mass is 10.1. The van der Waals surface area contributed by atoms with Gasteiger partial charge in [0.15, 0.2) is 0 Å². The molecule has 4 nitrogen and oxygen atoms in total. The Morgan fingerprint density at radius 1 is 1.33 bits per heavy atom. The van der Waals surface area contributed by atoms with Crippen LogP contribution in [0.3, 0.4) is 0 Å². The van der Waals surface area contributed by atoms with Gasteiger partial charge >= 0.3 is 0 Å². The second-order valence-corrected chi connectivity index (χ2v) is 3.71. The van der Waals surface area contributed by atoms with Crippen LogP contribution in [-0.4, -0.2) is 14.8 Å². The molecule has 0 fully saturated rings. The van der Waals surface area contributed by atoms with Gasteiger partial charge in [-0.1, -0.05) is 23.7 Å². The number of hydrogen-bond acceptors (Lipinski definition) is 3. The highest BCUT2D eigenvalue weighted by Gasteiger charge is 2.06. The van der Waals surface area contributed by atoms with E-state index in [0.29, 0.717) is 11.6 Å². The molecule has 0 aliphatic heterocycles. The molecule has 78 valence electrons. The van der Waals surface area contributed by atoms with Gasteiger partial charge in [0.25, 0.3) is 0 Å². The predicted octanol–water partition coefficient (Wildman–Crippen LogP) is 1.63. The number of hydrogen-bond donors (Lipinski definition) is 1. The van der Waals surface area contributed by atoms with Crippen molar-refractivity contribution in [1.29, 1.82) is 0 Å². The predicted molar refractivity (Wildman–Crippen MR) is 58.4 cm³/mol. The Bertz CT molecular complexity index is 409. The maximum Gasteiger partial charge on any atom is 0.137 e. The third-order valence-electron chi connectivity index (χ3n) is 2.15. The zero-order valence-corrected chi connectivity index (χ0v) is 8.80. The molecule has 0 aliphatic carbocycles. The van der Waals surface area contributed by atoms with Crippen LogP contribution in [0.5, 0.6) is 0 Å². The summed E-state index contributed by atoms with van der Waals surface area (Å²) in [6.07, 6.45) is 3.14. The normalized spacial score (nSPS) is 12.7. The van der Waals surface area contributed by atoms with E-state index >= 15 is 0 Å². The second kappa shape index (κ2) is 4.42. The molecule has 2 N–H and O–H groups in total. The van der Waals surface area contributed by atoms with E-state index in [-0.39, 0.29) is 6.04 Å². The van der Waals surface area contributed by atoms with Crippen molar-refractivity contribution in [1.82, 2.24) is 14.8 Å². The lowest BCUT2D eigenvalue weighted by molar-refractivity contribution is 0.526. The summed E-state index contributed by atoms with van der Waals surface area (Å²) in [5.74, 6) is 0. The first-order valence-corrected chi connectivity index (χ1v) is 4.97. The monoisotopic (exact) mass is 222 g/mol. The van der Waals surface area contributed by atoms with E-state index in [1.54, 1.807) is 11.0 Å². The Kier molecular flexibility index (Phi) is 2.99. The SMILES string of the molecule is NC(Cn1cncn1)c1ccc(Cl)cc1.